The van der Waals surface area contributed by atoms with Crippen molar-refractivity contribution >= 4 is 10.0 Å². The van der Waals surface area contributed by atoms with Crippen LogP contribution in [0.5, 0.6) is 0 Å². The zero-order valence-electron chi connectivity index (χ0n) is 8.43. The Morgan fingerprint density at radius 1 is 1.43 bits per heavy atom. The molecule has 0 unspecified atom stereocenters. The normalized spacial score (nSPS) is 12.4. The van der Waals surface area contributed by atoms with Gasteiger partial charge in [0.1, 0.15) is 5.82 Å². The first kappa shape index (κ1) is 11.1. The fourth-order valence-electron chi connectivity index (χ4n) is 1.26. The van der Waals surface area contributed by atoms with Crippen LogP contribution in [0.3, 0.4) is 0 Å². The summed E-state index contributed by atoms with van der Waals surface area (Å²) in [6, 6.07) is -0.0201. The van der Waals surface area contributed by atoms with Crippen molar-refractivity contribution in [2.45, 2.75) is 38.4 Å². The Bertz CT molecular complexity index is 421. The highest BCUT2D eigenvalue weighted by Gasteiger charge is 2.21. The van der Waals surface area contributed by atoms with Crippen LogP contribution in [0.1, 0.15) is 32.6 Å². The van der Waals surface area contributed by atoms with Crippen LogP contribution in [-0.4, -0.2) is 23.2 Å². The fourth-order valence-corrected chi connectivity index (χ4v) is 2.01. The van der Waals surface area contributed by atoms with Crippen LogP contribution >= 0.6 is 0 Å². The molecular weight excluding hydrogens is 204 g/mol. The van der Waals surface area contributed by atoms with Gasteiger partial charge in [0, 0.05) is 12.5 Å². The average Bonchev–Trinajstić information content (AvgIpc) is 2.45. The molecule has 0 radical (unpaired) electrons. The molecule has 0 amide bonds. The van der Waals surface area contributed by atoms with Gasteiger partial charge in [-0.25, -0.2) is 13.6 Å². The van der Waals surface area contributed by atoms with E-state index in [4.69, 9.17) is 5.14 Å². The molecule has 0 aromatic carbocycles. The Morgan fingerprint density at radius 2 is 2.00 bits per heavy atom. The third kappa shape index (κ3) is 1.93. The lowest BCUT2D eigenvalue weighted by Gasteiger charge is -2.11. The van der Waals surface area contributed by atoms with Gasteiger partial charge in [0.25, 0.3) is 15.2 Å². The van der Waals surface area contributed by atoms with Crippen molar-refractivity contribution in [2.24, 2.45) is 5.14 Å². The maximum absolute atomic E-state index is 11.1. The second kappa shape index (κ2) is 3.66. The number of aromatic nitrogens is 3. The summed E-state index contributed by atoms with van der Waals surface area (Å²) in [5.74, 6) is 0.629. The predicted octanol–water partition coefficient (Wildman–Crippen LogP) is 0.0688. The molecule has 1 rings (SSSR count). The Hall–Kier alpha value is -0.950. The maximum atomic E-state index is 11.1. The fraction of sp³-hybridized carbons (Fsp3) is 0.714. The first-order chi connectivity index (χ1) is 6.38. The van der Waals surface area contributed by atoms with Crippen LogP contribution in [0.25, 0.3) is 0 Å². The summed E-state index contributed by atoms with van der Waals surface area (Å²) in [4.78, 5) is 0. The van der Waals surface area contributed by atoms with E-state index in [2.05, 4.69) is 10.2 Å². The number of hydrogen-bond acceptors (Lipinski definition) is 4. The van der Waals surface area contributed by atoms with Crippen LogP contribution in [0, 0.1) is 0 Å². The van der Waals surface area contributed by atoms with Gasteiger partial charge in [-0.2, -0.15) is 0 Å². The Labute approximate surface area is 83.2 Å². The van der Waals surface area contributed by atoms with Crippen molar-refractivity contribution in [1.29, 1.82) is 0 Å². The summed E-state index contributed by atoms with van der Waals surface area (Å²) in [5, 5.41) is 12.2. The van der Waals surface area contributed by atoms with Crippen molar-refractivity contribution in [1.82, 2.24) is 14.8 Å². The summed E-state index contributed by atoms with van der Waals surface area (Å²) in [5.41, 5.74) is 0. The molecule has 0 bridgehead atoms. The Morgan fingerprint density at radius 3 is 2.36 bits per heavy atom. The zero-order valence-corrected chi connectivity index (χ0v) is 9.24. The molecular formula is C7H14N4O2S. The van der Waals surface area contributed by atoms with Crippen LogP contribution in [0.4, 0.5) is 0 Å². The molecule has 1 aromatic heterocycles. The van der Waals surface area contributed by atoms with E-state index in [0.29, 0.717) is 12.2 Å². The average molecular weight is 218 g/mol. The molecule has 80 valence electrons. The minimum absolute atomic E-state index is 0.0201. The van der Waals surface area contributed by atoms with Gasteiger partial charge in [-0.15, -0.1) is 10.2 Å². The van der Waals surface area contributed by atoms with Crippen molar-refractivity contribution in [2.75, 3.05) is 0 Å². The molecule has 0 fully saturated rings. The van der Waals surface area contributed by atoms with Crippen LogP contribution in [0.2, 0.25) is 0 Å². The van der Waals surface area contributed by atoms with E-state index in [-0.39, 0.29) is 11.2 Å². The number of sulfonamides is 1. The third-order valence-corrected chi connectivity index (χ3v) is 2.61. The zero-order chi connectivity index (χ0) is 10.9. The molecule has 0 aliphatic heterocycles. The van der Waals surface area contributed by atoms with E-state index in [1.54, 1.807) is 0 Å². The molecule has 1 aromatic rings. The quantitative estimate of drug-likeness (QED) is 0.777. The van der Waals surface area contributed by atoms with E-state index >= 15 is 0 Å². The lowest BCUT2D eigenvalue weighted by molar-refractivity contribution is 0.506. The summed E-state index contributed by atoms with van der Waals surface area (Å²) >= 11 is 0. The summed E-state index contributed by atoms with van der Waals surface area (Å²) < 4.78 is 23.8. The molecule has 0 spiro atoms. The molecule has 1 heterocycles. The smallest absolute Gasteiger partial charge is 0.273 e. The number of nitrogens with two attached hydrogens (primary N) is 1. The van der Waals surface area contributed by atoms with Gasteiger partial charge in [-0.05, 0) is 13.8 Å². The van der Waals surface area contributed by atoms with Gasteiger partial charge in [-0.1, -0.05) is 6.92 Å². The highest BCUT2D eigenvalue weighted by molar-refractivity contribution is 7.89. The minimum atomic E-state index is -3.78. The maximum Gasteiger partial charge on any atom is 0.273 e. The van der Waals surface area contributed by atoms with E-state index < -0.39 is 10.0 Å². The SMILES string of the molecule is CCc1nnc(S(N)(=O)=O)n1C(C)C. The summed E-state index contributed by atoms with van der Waals surface area (Å²) in [7, 11) is -3.78. The molecule has 2 N–H and O–H groups in total. The number of rotatable bonds is 3. The molecule has 0 atom stereocenters. The molecule has 0 saturated heterocycles. The highest BCUT2D eigenvalue weighted by Crippen LogP contribution is 2.14. The molecule has 14 heavy (non-hydrogen) atoms. The molecule has 0 aliphatic carbocycles. The lowest BCUT2D eigenvalue weighted by atomic mass is 10.3. The van der Waals surface area contributed by atoms with E-state index in [9.17, 15) is 8.42 Å². The van der Waals surface area contributed by atoms with Gasteiger partial charge in [0.05, 0.1) is 0 Å². The van der Waals surface area contributed by atoms with E-state index in [0.717, 1.165) is 0 Å². The Kier molecular flexibility index (Phi) is 2.91. The summed E-state index contributed by atoms with van der Waals surface area (Å²) in [6.07, 6.45) is 0.626. The summed E-state index contributed by atoms with van der Waals surface area (Å²) in [6.45, 7) is 5.60. The standard InChI is InChI=1S/C7H14N4O2S/c1-4-6-9-10-7(14(8,12)13)11(6)5(2)3/h5H,4H2,1-3H3,(H2,8,12,13). The van der Waals surface area contributed by atoms with Crippen molar-refractivity contribution in [3.05, 3.63) is 5.82 Å². The van der Waals surface area contributed by atoms with E-state index in [1.807, 2.05) is 20.8 Å². The van der Waals surface area contributed by atoms with Gasteiger partial charge in [0.2, 0.25) is 0 Å². The van der Waals surface area contributed by atoms with Crippen molar-refractivity contribution < 1.29 is 8.42 Å². The molecule has 6 nitrogen and oxygen atoms in total. The monoisotopic (exact) mass is 218 g/mol. The minimum Gasteiger partial charge on any atom is -0.298 e. The van der Waals surface area contributed by atoms with Gasteiger partial charge < -0.3 is 0 Å². The first-order valence-corrected chi connectivity index (χ1v) is 5.89. The first-order valence-electron chi connectivity index (χ1n) is 4.34. The lowest BCUT2D eigenvalue weighted by Crippen LogP contribution is -2.20. The highest BCUT2D eigenvalue weighted by atomic mass is 32.2. The number of aryl methyl sites for hydroxylation is 1. The Balaban J connectivity index is 3.40. The van der Waals surface area contributed by atoms with Crippen molar-refractivity contribution in [3.63, 3.8) is 0 Å². The van der Waals surface area contributed by atoms with Crippen molar-refractivity contribution in [3.8, 4) is 0 Å². The van der Waals surface area contributed by atoms with Crippen LogP contribution in [0.15, 0.2) is 5.16 Å². The van der Waals surface area contributed by atoms with Crippen LogP contribution < -0.4 is 5.14 Å². The second-order valence-corrected chi connectivity index (χ2v) is 4.72. The van der Waals surface area contributed by atoms with E-state index in [1.165, 1.54) is 4.57 Å². The second-order valence-electron chi connectivity index (χ2n) is 3.26. The van der Waals surface area contributed by atoms with Crippen LogP contribution in [-0.2, 0) is 16.4 Å². The van der Waals surface area contributed by atoms with Gasteiger partial charge in [-0.3, -0.25) is 4.57 Å². The number of primary sulfonamides is 1. The number of hydrogen-bond donors (Lipinski definition) is 1. The molecule has 7 heteroatoms. The molecule has 0 saturated carbocycles. The van der Waals surface area contributed by atoms with Gasteiger partial charge in [0.15, 0.2) is 0 Å². The topological polar surface area (TPSA) is 90.9 Å². The third-order valence-electron chi connectivity index (χ3n) is 1.82. The largest absolute Gasteiger partial charge is 0.298 e. The number of nitrogens with zero attached hydrogens (tertiary/aromatic N) is 3. The predicted molar refractivity (Wildman–Crippen MR) is 51.2 cm³/mol. The molecule has 0 aliphatic rings. The van der Waals surface area contributed by atoms with Gasteiger partial charge >= 0.3 is 0 Å².